The fraction of sp³-hybridized carbons (Fsp3) is 0.625. The van der Waals surface area contributed by atoms with E-state index in [0.29, 0.717) is 6.04 Å². The van der Waals surface area contributed by atoms with Crippen LogP contribution in [0.4, 0.5) is 0 Å². The fourth-order valence-corrected chi connectivity index (χ4v) is 2.60. The molecule has 20 heavy (non-hydrogen) atoms. The average molecular weight is 279 g/mol. The van der Waals surface area contributed by atoms with Crippen molar-refractivity contribution in [2.75, 3.05) is 40.8 Å². The molecule has 0 aliphatic rings. The SMILES string of the molecule is CCN(C[C@@H](N)CN(C)C)[C@@H](C)c1ccccc1OC. The summed E-state index contributed by atoms with van der Waals surface area (Å²) in [5, 5.41) is 0. The Balaban J connectivity index is 2.78. The summed E-state index contributed by atoms with van der Waals surface area (Å²) in [7, 11) is 5.83. The molecule has 0 aromatic heterocycles. The molecular formula is C16H29N3O. The van der Waals surface area contributed by atoms with Crippen LogP contribution in [0.2, 0.25) is 0 Å². The van der Waals surface area contributed by atoms with E-state index in [0.717, 1.165) is 25.4 Å². The molecule has 1 aromatic carbocycles. The lowest BCUT2D eigenvalue weighted by Crippen LogP contribution is -2.44. The molecule has 0 spiro atoms. The summed E-state index contributed by atoms with van der Waals surface area (Å²) >= 11 is 0. The molecule has 0 saturated heterocycles. The Kier molecular flexibility index (Phi) is 6.99. The molecule has 0 radical (unpaired) electrons. The van der Waals surface area contributed by atoms with Gasteiger partial charge in [0.1, 0.15) is 5.75 Å². The van der Waals surface area contributed by atoms with Crippen LogP contribution >= 0.6 is 0 Å². The maximum atomic E-state index is 6.22. The summed E-state index contributed by atoms with van der Waals surface area (Å²) in [6.07, 6.45) is 0. The first kappa shape index (κ1) is 17.0. The molecule has 0 fully saturated rings. The van der Waals surface area contributed by atoms with Crippen LogP contribution in [0, 0.1) is 0 Å². The van der Waals surface area contributed by atoms with Gasteiger partial charge in [0.2, 0.25) is 0 Å². The number of hydrogen-bond donors (Lipinski definition) is 1. The highest BCUT2D eigenvalue weighted by molar-refractivity contribution is 5.35. The van der Waals surface area contributed by atoms with E-state index < -0.39 is 0 Å². The van der Waals surface area contributed by atoms with E-state index in [2.05, 4.69) is 49.9 Å². The van der Waals surface area contributed by atoms with E-state index in [1.54, 1.807) is 7.11 Å². The fourth-order valence-electron chi connectivity index (χ4n) is 2.60. The van der Waals surface area contributed by atoms with Gasteiger partial charge in [-0.3, -0.25) is 4.90 Å². The quantitative estimate of drug-likeness (QED) is 0.790. The van der Waals surface area contributed by atoms with Gasteiger partial charge in [0, 0.05) is 30.7 Å². The molecule has 0 amide bonds. The standard InChI is InChI=1S/C16H29N3O/c1-6-19(12-14(17)11-18(3)4)13(2)15-9-7-8-10-16(15)20-5/h7-10,13-14H,6,11-12,17H2,1-5H3/t13-,14-/m0/s1. The van der Waals surface area contributed by atoms with Gasteiger partial charge in [-0.25, -0.2) is 0 Å². The first-order valence-corrected chi connectivity index (χ1v) is 7.26. The Morgan fingerprint density at radius 1 is 1.20 bits per heavy atom. The van der Waals surface area contributed by atoms with Gasteiger partial charge in [-0.1, -0.05) is 25.1 Å². The molecular weight excluding hydrogens is 250 g/mol. The molecule has 114 valence electrons. The molecule has 2 N–H and O–H groups in total. The number of likely N-dealkylation sites (N-methyl/N-ethyl adjacent to an activating group) is 2. The lowest BCUT2D eigenvalue weighted by Gasteiger charge is -2.32. The van der Waals surface area contributed by atoms with Gasteiger partial charge in [0.25, 0.3) is 0 Å². The third kappa shape index (κ3) is 4.78. The second-order valence-corrected chi connectivity index (χ2v) is 5.53. The van der Waals surface area contributed by atoms with E-state index in [1.165, 1.54) is 5.56 Å². The average Bonchev–Trinajstić information content (AvgIpc) is 2.43. The molecule has 0 unspecified atom stereocenters. The summed E-state index contributed by atoms with van der Waals surface area (Å²) in [6, 6.07) is 8.65. The van der Waals surface area contributed by atoms with E-state index >= 15 is 0 Å². The van der Waals surface area contributed by atoms with Crippen molar-refractivity contribution < 1.29 is 4.74 Å². The predicted octanol–water partition coefficient (Wildman–Crippen LogP) is 1.97. The van der Waals surface area contributed by atoms with E-state index in [9.17, 15) is 0 Å². The van der Waals surface area contributed by atoms with Crippen molar-refractivity contribution in [3.8, 4) is 5.75 Å². The van der Waals surface area contributed by atoms with Crippen molar-refractivity contribution in [3.05, 3.63) is 29.8 Å². The van der Waals surface area contributed by atoms with Crippen LogP contribution in [0.15, 0.2) is 24.3 Å². The smallest absolute Gasteiger partial charge is 0.123 e. The summed E-state index contributed by atoms with van der Waals surface area (Å²) in [5.41, 5.74) is 7.44. The second-order valence-electron chi connectivity index (χ2n) is 5.53. The van der Waals surface area contributed by atoms with Gasteiger partial charge in [0.15, 0.2) is 0 Å². The molecule has 2 atom stereocenters. The number of benzene rings is 1. The Morgan fingerprint density at radius 2 is 1.85 bits per heavy atom. The monoisotopic (exact) mass is 279 g/mol. The molecule has 0 heterocycles. The zero-order valence-corrected chi connectivity index (χ0v) is 13.5. The van der Waals surface area contributed by atoms with Crippen molar-refractivity contribution in [2.24, 2.45) is 5.73 Å². The van der Waals surface area contributed by atoms with Gasteiger partial charge in [-0.2, -0.15) is 0 Å². The van der Waals surface area contributed by atoms with Gasteiger partial charge < -0.3 is 15.4 Å². The normalized spacial score (nSPS) is 14.6. The molecule has 4 heteroatoms. The van der Waals surface area contributed by atoms with Crippen LogP contribution in [-0.4, -0.2) is 56.7 Å². The molecule has 0 aliphatic heterocycles. The van der Waals surface area contributed by atoms with Crippen LogP contribution in [0.5, 0.6) is 5.75 Å². The van der Waals surface area contributed by atoms with E-state index in [-0.39, 0.29) is 6.04 Å². The highest BCUT2D eigenvalue weighted by atomic mass is 16.5. The molecule has 0 aliphatic carbocycles. The van der Waals surface area contributed by atoms with Crippen LogP contribution in [0.3, 0.4) is 0 Å². The molecule has 1 aromatic rings. The minimum atomic E-state index is 0.155. The summed E-state index contributed by atoms with van der Waals surface area (Å²) < 4.78 is 5.46. The predicted molar refractivity (Wildman–Crippen MR) is 85.2 cm³/mol. The highest BCUT2D eigenvalue weighted by Crippen LogP contribution is 2.28. The number of nitrogens with zero attached hydrogens (tertiary/aromatic N) is 2. The lowest BCUT2D eigenvalue weighted by molar-refractivity contribution is 0.192. The third-order valence-corrected chi connectivity index (χ3v) is 3.61. The van der Waals surface area contributed by atoms with Crippen molar-refractivity contribution >= 4 is 0 Å². The van der Waals surface area contributed by atoms with Crippen molar-refractivity contribution in [2.45, 2.75) is 25.9 Å². The maximum Gasteiger partial charge on any atom is 0.123 e. The van der Waals surface area contributed by atoms with Crippen LogP contribution in [-0.2, 0) is 0 Å². The summed E-state index contributed by atoms with van der Waals surface area (Å²) in [6.45, 7) is 7.14. The first-order valence-electron chi connectivity index (χ1n) is 7.26. The number of hydrogen-bond acceptors (Lipinski definition) is 4. The minimum Gasteiger partial charge on any atom is -0.496 e. The van der Waals surface area contributed by atoms with Gasteiger partial charge in [-0.15, -0.1) is 0 Å². The summed E-state index contributed by atoms with van der Waals surface area (Å²) in [4.78, 5) is 4.53. The molecule has 1 rings (SSSR count). The number of methoxy groups -OCH3 is 1. The van der Waals surface area contributed by atoms with Gasteiger partial charge >= 0.3 is 0 Å². The second kappa shape index (κ2) is 8.25. The van der Waals surface area contributed by atoms with Gasteiger partial charge in [-0.05, 0) is 33.6 Å². The van der Waals surface area contributed by atoms with Crippen LogP contribution in [0.25, 0.3) is 0 Å². The molecule has 0 bridgehead atoms. The Hall–Kier alpha value is -1.10. The van der Waals surface area contributed by atoms with E-state index in [4.69, 9.17) is 10.5 Å². The maximum absolute atomic E-state index is 6.22. The lowest BCUT2D eigenvalue weighted by atomic mass is 10.0. The Morgan fingerprint density at radius 3 is 2.40 bits per heavy atom. The van der Waals surface area contributed by atoms with Crippen molar-refractivity contribution in [3.63, 3.8) is 0 Å². The van der Waals surface area contributed by atoms with Gasteiger partial charge in [0.05, 0.1) is 7.11 Å². The molecule has 4 nitrogen and oxygen atoms in total. The van der Waals surface area contributed by atoms with E-state index in [1.807, 2.05) is 12.1 Å². The largest absolute Gasteiger partial charge is 0.496 e. The van der Waals surface area contributed by atoms with Crippen LogP contribution < -0.4 is 10.5 Å². The number of para-hydroxylation sites is 1. The van der Waals surface area contributed by atoms with Crippen molar-refractivity contribution in [1.29, 1.82) is 0 Å². The zero-order chi connectivity index (χ0) is 15.1. The van der Waals surface area contributed by atoms with Crippen molar-refractivity contribution in [1.82, 2.24) is 9.80 Å². The topological polar surface area (TPSA) is 41.7 Å². The number of rotatable bonds is 8. The Labute approximate surface area is 123 Å². The third-order valence-electron chi connectivity index (χ3n) is 3.61. The number of ether oxygens (including phenoxy) is 1. The highest BCUT2D eigenvalue weighted by Gasteiger charge is 2.19. The zero-order valence-electron chi connectivity index (χ0n) is 13.5. The number of nitrogens with two attached hydrogens (primary N) is 1. The minimum absolute atomic E-state index is 0.155. The molecule has 0 saturated carbocycles. The first-order chi connectivity index (χ1) is 9.49. The summed E-state index contributed by atoms with van der Waals surface area (Å²) in [5.74, 6) is 0.944. The Bertz CT molecular complexity index is 395. The van der Waals surface area contributed by atoms with Crippen LogP contribution in [0.1, 0.15) is 25.5 Å².